The molecule has 2 N–H and O–H groups in total. The van der Waals surface area contributed by atoms with Crippen molar-refractivity contribution < 1.29 is 14.3 Å². The lowest BCUT2D eigenvalue weighted by Gasteiger charge is -2.35. The highest BCUT2D eigenvalue weighted by Crippen LogP contribution is 2.48. The Bertz CT molecular complexity index is 980. The molecule has 3 rings (SSSR count). The lowest BCUT2D eigenvalue weighted by molar-refractivity contribution is -0.117. The van der Waals surface area contributed by atoms with Crippen LogP contribution in [0.3, 0.4) is 0 Å². The zero-order valence-electron chi connectivity index (χ0n) is 19.8. The van der Waals surface area contributed by atoms with Crippen molar-refractivity contribution in [3.05, 3.63) is 33.4 Å². The number of ketones is 1. The average Bonchev–Trinajstić information content (AvgIpc) is 2.77. The molecule has 1 aliphatic heterocycles. The highest BCUT2D eigenvalue weighted by atomic mass is 79.9. The van der Waals surface area contributed by atoms with Gasteiger partial charge in [0.15, 0.2) is 17.3 Å². The van der Waals surface area contributed by atoms with Crippen LogP contribution in [0, 0.1) is 23.2 Å². The number of benzene rings is 1. The zero-order chi connectivity index (χ0) is 24.0. The van der Waals surface area contributed by atoms with Crippen LogP contribution < -0.4 is 15.2 Å². The highest BCUT2D eigenvalue weighted by molar-refractivity contribution is 9.10. The molecule has 0 bridgehead atoms. The minimum atomic E-state index is -0.492. The maximum Gasteiger partial charge on any atom is 0.175 e. The number of hydrogen-bond acceptors (Lipinski definition) is 6. The molecule has 1 aromatic carbocycles. The Labute approximate surface area is 205 Å². The lowest BCUT2D eigenvalue weighted by atomic mass is 9.70. The van der Waals surface area contributed by atoms with E-state index in [1.54, 1.807) is 0 Å². The van der Waals surface area contributed by atoms with E-state index in [0.717, 1.165) is 53.5 Å². The highest BCUT2D eigenvalue weighted by Gasteiger charge is 2.41. The fraction of sp³-hybridized carbons (Fsp3) is 0.577. The van der Waals surface area contributed by atoms with Crippen LogP contribution in [-0.2, 0) is 4.79 Å². The fourth-order valence-electron chi connectivity index (χ4n) is 4.87. The second kappa shape index (κ2) is 11.8. The first kappa shape index (κ1) is 25.5. The van der Waals surface area contributed by atoms with Gasteiger partial charge in [0.2, 0.25) is 0 Å². The van der Waals surface area contributed by atoms with Gasteiger partial charge in [0.25, 0.3) is 0 Å². The predicted octanol–water partition coefficient (Wildman–Crippen LogP) is 5.70. The second-order valence-electron chi connectivity index (χ2n) is 8.79. The average molecular weight is 516 g/mol. The quantitative estimate of drug-likeness (QED) is 0.403. The lowest BCUT2D eigenvalue weighted by Crippen LogP contribution is -2.32. The van der Waals surface area contributed by atoms with Crippen molar-refractivity contribution in [3.63, 3.8) is 0 Å². The molecule has 6 nitrogen and oxygen atoms in total. The molecule has 1 aromatic rings. The number of carbonyl (C=O) groups excluding carboxylic acids is 1. The first-order chi connectivity index (χ1) is 15.9. The molecule has 0 aromatic heterocycles. The normalized spacial score (nSPS) is 22.5. The van der Waals surface area contributed by atoms with Gasteiger partial charge in [-0.15, -0.1) is 0 Å². The SMILES string of the molecule is CCCC1CC(=O)C2=C(C1)N=C(C)C(C#N)C2c1cc(Br)c(OCCCCN)c(OCC)c1. The summed E-state index contributed by atoms with van der Waals surface area (Å²) in [6.45, 7) is 7.61. The summed E-state index contributed by atoms with van der Waals surface area (Å²) in [4.78, 5) is 18.1. The number of unbranched alkanes of at least 4 members (excludes halogenated alkanes) is 1. The van der Waals surface area contributed by atoms with Crippen molar-refractivity contribution in [1.29, 1.82) is 5.26 Å². The molecule has 3 unspecified atom stereocenters. The molecule has 1 heterocycles. The van der Waals surface area contributed by atoms with Gasteiger partial charge < -0.3 is 15.2 Å². The molecule has 178 valence electrons. The van der Waals surface area contributed by atoms with Gasteiger partial charge in [-0.1, -0.05) is 13.3 Å². The van der Waals surface area contributed by atoms with Crippen LogP contribution >= 0.6 is 15.9 Å². The minimum absolute atomic E-state index is 0.118. The third-order valence-corrected chi connectivity index (χ3v) is 6.93. The van der Waals surface area contributed by atoms with Gasteiger partial charge in [-0.05, 0) is 85.6 Å². The third kappa shape index (κ3) is 5.67. The largest absolute Gasteiger partial charge is 0.490 e. The molecule has 3 atom stereocenters. The maximum atomic E-state index is 13.3. The van der Waals surface area contributed by atoms with Gasteiger partial charge in [-0.25, -0.2) is 0 Å². The fourth-order valence-corrected chi connectivity index (χ4v) is 5.44. The Hall–Kier alpha value is -2.17. The number of nitrogens with two attached hydrogens (primary N) is 1. The second-order valence-corrected chi connectivity index (χ2v) is 9.65. The first-order valence-electron chi connectivity index (χ1n) is 11.9. The van der Waals surface area contributed by atoms with Crippen LogP contribution in [0.5, 0.6) is 11.5 Å². The number of allylic oxidation sites excluding steroid dienone is 2. The van der Waals surface area contributed by atoms with E-state index < -0.39 is 5.92 Å². The Balaban J connectivity index is 2.04. The summed E-state index contributed by atoms with van der Waals surface area (Å²) in [6.07, 6.45) is 5.13. The van der Waals surface area contributed by atoms with Crippen LogP contribution in [0.2, 0.25) is 0 Å². The van der Waals surface area contributed by atoms with Crippen LogP contribution in [0.25, 0.3) is 0 Å². The number of aliphatic imine (C=N–C) groups is 1. The minimum Gasteiger partial charge on any atom is -0.490 e. The third-order valence-electron chi connectivity index (χ3n) is 6.34. The molecule has 0 saturated carbocycles. The van der Waals surface area contributed by atoms with E-state index in [4.69, 9.17) is 20.2 Å². The van der Waals surface area contributed by atoms with E-state index >= 15 is 0 Å². The number of ether oxygens (including phenoxy) is 2. The summed E-state index contributed by atoms with van der Waals surface area (Å²) in [5, 5.41) is 10.0. The van der Waals surface area contributed by atoms with Crippen molar-refractivity contribution >= 4 is 27.4 Å². The summed E-state index contributed by atoms with van der Waals surface area (Å²) >= 11 is 3.65. The van der Waals surface area contributed by atoms with E-state index in [1.165, 1.54) is 0 Å². The smallest absolute Gasteiger partial charge is 0.175 e. The van der Waals surface area contributed by atoms with Gasteiger partial charge in [-0.2, -0.15) is 5.26 Å². The Morgan fingerprint density at radius 1 is 1.24 bits per heavy atom. The first-order valence-corrected chi connectivity index (χ1v) is 12.7. The Kier molecular flexibility index (Phi) is 9.10. The predicted molar refractivity (Wildman–Crippen MR) is 134 cm³/mol. The topological polar surface area (TPSA) is 97.7 Å². The van der Waals surface area contributed by atoms with Crippen molar-refractivity contribution in [2.45, 2.75) is 65.2 Å². The van der Waals surface area contributed by atoms with Crippen molar-refractivity contribution in [1.82, 2.24) is 0 Å². The molecule has 7 heteroatoms. The summed E-state index contributed by atoms with van der Waals surface area (Å²) in [7, 11) is 0. The molecule has 0 radical (unpaired) electrons. The zero-order valence-corrected chi connectivity index (χ0v) is 21.4. The number of nitrogens with zero attached hydrogens (tertiary/aromatic N) is 2. The number of Topliss-reactive ketones (excluding diaryl/α,β-unsaturated/α-hetero) is 1. The summed E-state index contributed by atoms with van der Waals surface area (Å²) in [6, 6.07) is 6.30. The number of halogens is 1. The van der Waals surface area contributed by atoms with Crippen molar-refractivity contribution in [3.8, 4) is 17.6 Å². The summed E-state index contributed by atoms with van der Waals surface area (Å²) in [5.74, 6) is 0.840. The van der Waals surface area contributed by atoms with E-state index in [9.17, 15) is 10.1 Å². The van der Waals surface area contributed by atoms with Crippen molar-refractivity contribution in [2.75, 3.05) is 19.8 Å². The Morgan fingerprint density at radius 3 is 2.70 bits per heavy atom. The van der Waals surface area contributed by atoms with E-state index in [2.05, 4.69) is 28.9 Å². The van der Waals surface area contributed by atoms with E-state index in [-0.39, 0.29) is 11.7 Å². The van der Waals surface area contributed by atoms with Crippen LogP contribution in [0.4, 0.5) is 0 Å². The number of nitriles is 1. The molecule has 1 aliphatic carbocycles. The molecule has 2 aliphatic rings. The molecule has 0 amide bonds. The van der Waals surface area contributed by atoms with Crippen LogP contribution in [-0.4, -0.2) is 31.3 Å². The van der Waals surface area contributed by atoms with Crippen LogP contribution in [0.15, 0.2) is 32.9 Å². The van der Waals surface area contributed by atoms with Gasteiger partial charge in [0.05, 0.1) is 29.7 Å². The van der Waals surface area contributed by atoms with Crippen LogP contribution in [0.1, 0.15) is 70.8 Å². The molecule has 0 fully saturated rings. The standard InChI is InChI=1S/C26H34BrN3O3/c1-4-8-17-11-21-25(22(31)12-17)24(19(15-29)16(3)30-21)18-13-20(27)26(23(14-18)32-5-2)33-10-7-6-9-28/h13-14,17,19,24H,4-12,28H2,1-3H3. The molecular weight excluding hydrogens is 482 g/mol. The van der Waals surface area contributed by atoms with E-state index in [0.29, 0.717) is 49.2 Å². The molecule has 0 saturated heterocycles. The van der Waals surface area contributed by atoms with Gasteiger partial charge in [-0.3, -0.25) is 9.79 Å². The summed E-state index contributed by atoms with van der Waals surface area (Å²) < 4.78 is 12.7. The number of rotatable bonds is 10. The molecule has 33 heavy (non-hydrogen) atoms. The van der Waals surface area contributed by atoms with Gasteiger partial charge in [0, 0.05) is 29.3 Å². The van der Waals surface area contributed by atoms with E-state index in [1.807, 2.05) is 26.0 Å². The number of hydrogen-bond donors (Lipinski definition) is 1. The van der Waals surface area contributed by atoms with Gasteiger partial charge >= 0.3 is 0 Å². The molecule has 0 spiro atoms. The maximum absolute atomic E-state index is 13.3. The van der Waals surface area contributed by atoms with Gasteiger partial charge in [0.1, 0.15) is 0 Å². The number of carbonyl (C=O) groups is 1. The monoisotopic (exact) mass is 515 g/mol. The Morgan fingerprint density at radius 2 is 2.03 bits per heavy atom. The van der Waals surface area contributed by atoms with Crippen molar-refractivity contribution in [2.24, 2.45) is 22.6 Å². The summed E-state index contributed by atoms with van der Waals surface area (Å²) in [5.41, 5.74) is 8.78. The molecular formula is C26H34BrN3O3.